The zero-order valence-electron chi connectivity index (χ0n) is 15.1. The quantitative estimate of drug-likeness (QED) is 0.805. The van der Waals surface area contributed by atoms with Crippen molar-refractivity contribution >= 4 is 27.1 Å². The third-order valence-corrected chi connectivity index (χ3v) is 7.67. The maximum atomic E-state index is 12.6. The van der Waals surface area contributed by atoms with E-state index in [1.165, 1.54) is 10.4 Å². The average molecular weight is 394 g/mol. The molecule has 2 atom stereocenters. The van der Waals surface area contributed by atoms with E-state index in [1.807, 2.05) is 16.8 Å². The second-order valence-electron chi connectivity index (χ2n) is 6.91. The van der Waals surface area contributed by atoms with Gasteiger partial charge in [0, 0.05) is 18.7 Å². The van der Waals surface area contributed by atoms with Gasteiger partial charge in [0.15, 0.2) is 16.4 Å². The minimum Gasteiger partial charge on any atom is -0.337 e. The monoisotopic (exact) mass is 393 g/mol. The average Bonchev–Trinajstić information content (AvgIpc) is 3.25. The highest BCUT2D eigenvalue weighted by molar-refractivity contribution is 7.91. The van der Waals surface area contributed by atoms with Crippen LogP contribution in [0.4, 0.5) is 0 Å². The second kappa shape index (κ2) is 7.90. The Labute approximate surface area is 159 Å². The van der Waals surface area contributed by atoms with Gasteiger partial charge in [0.05, 0.1) is 16.4 Å². The van der Waals surface area contributed by atoms with E-state index in [0.29, 0.717) is 13.0 Å². The van der Waals surface area contributed by atoms with Crippen LogP contribution in [0.15, 0.2) is 41.8 Å². The van der Waals surface area contributed by atoms with Crippen molar-refractivity contribution < 1.29 is 18.5 Å². The number of hydrogen-bond acceptors (Lipinski definition) is 4. The Morgan fingerprint density at radius 1 is 1.31 bits per heavy atom. The summed E-state index contributed by atoms with van der Waals surface area (Å²) in [5, 5.41) is 4.08. The van der Waals surface area contributed by atoms with E-state index in [9.17, 15) is 13.2 Å². The van der Waals surface area contributed by atoms with Crippen molar-refractivity contribution in [1.82, 2.24) is 4.90 Å². The van der Waals surface area contributed by atoms with Crippen LogP contribution in [0.3, 0.4) is 0 Å². The highest BCUT2D eigenvalue weighted by Crippen LogP contribution is 2.23. The number of carbonyl (C=O) groups excluding carboxylic acids is 1. The van der Waals surface area contributed by atoms with Crippen LogP contribution in [0.1, 0.15) is 28.5 Å². The number of thiophene rings is 1. The zero-order chi connectivity index (χ0) is 18.7. The van der Waals surface area contributed by atoms with Crippen LogP contribution in [-0.4, -0.2) is 50.4 Å². The summed E-state index contributed by atoms with van der Waals surface area (Å²) >= 11 is 1.68. The number of likely N-dealkylation sites (N-methyl/N-ethyl adjacent to an activating group) is 1. The maximum absolute atomic E-state index is 12.6. The molecule has 2 heterocycles. The highest BCUT2D eigenvalue weighted by atomic mass is 32.2. The SMILES string of the molecule is Cc1ccc([C@H]([NH2+]CC(=O)N(C)[C@H]2CCS(=O)(=O)C2)c2cccs2)cc1. The van der Waals surface area contributed by atoms with Crippen LogP contribution < -0.4 is 5.32 Å². The number of rotatable bonds is 6. The first-order valence-electron chi connectivity index (χ1n) is 8.75. The molecule has 0 unspecified atom stereocenters. The van der Waals surface area contributed by atoms with Crippen molar-refractivity contribution in [3.8, 4) is 0 Å². The normalized spacial score (nSPS) is 20.0. The molecule has 1 amide bonds. The molecule has 2 aromatic rings. The molecule has 5 nitrogen and oxygen atoms in total. The summed E-state index contributed by atoms with van der Waals surface area (Å²) in [7, 11) is -1.27. The minimum absolute atomic E-state index is 0.0271. The molecule has 0 bridgehead atoms. The number of amides is 1. The largest absolute Gasteiger partial charge is 0.337 e. The zero-order valence-corrected chi connectivity index (χ0v) is 16.7. The van der Waals surface area contributed by atoms with Crippen LogP contribution in [0.5, 0.6) is 0 Å². The summed E-state index contributed by atoms with van der Waals surface area (Å²) in [6, 6.07) is 12.4. The number of carbonyl (C=O) groups is 1. The summed E-state index contributed by atoms with van der Waals surface area (Å²) in [6.07, 6.45) is 0.539. The van der Waals surface area contributed by atoms with E-state index >= 15 is 0 Å². The van der Waals surface area contributed by atoms with Gasteiger partial charge in [0.1, 0.15) is 6.04 Å². The molecular formula is C19H25N2O3S2+. The van der Waals surface area contributed by atoms with E-state index < -0.39 is 9.84 Å². The van der Waals surface area contributed by atoms with Gasteiger partial charge in [-0.05, 0) is 24.8 Å². The van der Waals surface area contributed by atoms with Gasteiger partial charge >= 0.3 is 0 Å². The van der Waals surface area contributed by atoms with Crippen LogP contribution in [0, 0.1) is 6.92 Å². The molecule has 3 rings (SSSR count). The number of nitrogens with two attached hydrogens (primary N) is 1. The van der Waals surface area contributed by atoms with Gasteiger partial charge in [-0.15, -0.1) is 11.3 Å². The fourth-order valence-electron chi connectivity index (χ4n) is 3.31. The maximum Gasteiger partial charge on any atom is 0.277 e. The lowest BCUT2D eigenvalue weighted by atomic mass is 10.0. The lowest BCUT2D eigenvalue weighted by Gasteiger charge is -2.23. The first kappa shape index (κ1) is 19.1. The van der Waals surface area contributed by atoms with Crippen molar-refractivity contribution in [2.24, 2.45) is 0 Å². The Bertz CT molecular complexity index is 845. The lowest BCUT2D eigenvalue weighted by Crippen LogP contribution is -2.87. The smallest absolute Gasteiger partial charge is 0.277 e. The Balaban J connectivity index is 1.68. The number of aryl methyl sites for hydroxylation is 1. The van der Waals surface area contributed by atoms with Crippen LogP contribution >= 0.6 is 11.3 Å². The van der Waals surface area contributed by atoms with E-state index in [-0.39, 0.29) is 29.5 Å². The first-order chi connectivity index (χ1) is 12.4. The molecule has 1 aliphatic heterocycles. The van der Waals surface area contributed by atoms with Crippen LogP contribution in [0.2, 0.25) is 0 Å². The predicted molar refractivity (Wildman–Crippen MR) is 104 cm³/mol. The molecule has 2 N–H and O–H groups in total. The minimum atomic E-state index is -2.99. The molecule has 26 heavy (non-hydrogen) atoms. The molecule has 0 radical (unpaired) electrons. The summed E-state index contributed by atoms with van der Waals surface area (Å²) in [5.41, 5.74) is 2.37. The van der Waals surface area contributed by atoms with Gasteiger partial charge < -0.3 is 10.2 Å². The van der Waals surface area contributed by atoms with Crippen molar-refractivity contribution in [2.45, 2.75) is 25.4 Å². The molecule has 1 fully saturated rings. The number of nitrogens with zero attached hydrogens (tertiary/aromatic N) is 1. The van der Waals surface area contributed by atoms with E-state index in [0.717, 1.165) is 5.56 Å². The highest BCUT2D eigenvalue weighted by Gasteiger charge is 2.33. The molecule has 140 valence electrons. The molecule has 7 heteroatoms. The van der Waals surface area contributed by atoms with Gasteiger partial charge in [-0.25, -0.2) is 8.42 Å². The van der Waals surface area contributed by atoms with E-state index in [1.54, 1.807) is 23.3 Å². The van der Waals surface area contributed by atoms with Gasteiger partial charge in [-0.1, -0.05) is 35.9 Å². The van der Waals surface area contributed by atoms with Gasteiger partial charge in [-0.2, -0.15) is 0 Å². The topological polar surface area (TPSA) is 71.1 Å². The van der Waals surface area contributed by atoms with Gasteiger partial charge in [0.25, 0.3) is 5.91 Å². The van der Waals surface area contributed by atoms with Crippen molar-refractivity contribution in [3.63, 3.8) is 0 Å². The van der Waals surface area contributed by atoms with E-state index in [2.05, 4.69) is 37.3 Å². The summed E-state index contributed by atoms with van der Waals surface area (Å²) in [6.45, 7) is 2.35. The van der Waals surface area contributed by atoms with Crippen molar-refractivity contribution in [2.75, 3.05) is 25.1 Å². The van der Waals surface area contributed by atoms with Gasteiger partial charge in [-0.3, -0.25) is 4.79 Å². The van der Waals surface area contributed by atoms with Crippen molar-refractivity contribution in [1.29, 1.82) is 0 Å². The van der Waals surface area contributed by atoms with Crippen LogP contribution in [0.25, 0.3) is 0 Å². The summed E-state index contributed by atoms with van der Waals surface area (Å²) in [4.78, 5) is 15.4. The Hall–Kier alpha value is -1.70. The Morgan fingerprint density at radius 3 is 2.62 bits per heavy atom. The molecule has 1 saturated heterocycles. The third kappa shape index (κ3) is 4.52. The summed E-state index contributed by atoms with van der Waals surface area (Å²) < 4.78 is 23.3. The molecule has 1 aromatic carbocycles. The fourth-order valence-corrected chi connectivity index (χ4v) is 5.93. The standard InChI is InChI=1S/C19H24N2O3S2/c1-14-5-7-15(8-6-14)19(17-4-3-10-25-17)20-12-18(22)21(2)16-9-11-26(23,24)13-16/h3-8,10,16,19-20H,9,11-13H2,1-2H3/p+1/t16-,19-/m0/s1. The molecular weight excluding hydrogens is 368 g/mol. The predicted octanol–water partition coefficient (Wildman–Crippen LogP) is 1.35. The van der Waals surface area contributed by atoms with Crippen LogP contribution in [-0.2, 0) is 14.6 Å². The molecule has 0 spiro atoms. The first-order valence-corrected chi connectivity index (χ1v) is 11.5. The third-order valence-electron chi connectivity index (χ3n) is 4.96. The van der Waals surface area contributed by atoms with Gasteiger partial charge in [0.2, 0.25) is 0 Å². The fraction of sp³-hybridized carbons (Fsp3) is 0.421. The molecule has 0 aliphatic carbocycles. The molecule has 1 aromatic heterocycles. The number of hydrogen-bond donors (Lipinski definition) is 1. The Kier molecular flexibility index (Phi) is 5.79. The number of benzene rings is 1. The second-order valence-corrected chi connectivity index (χ2v) is 10.1. The van der Waals surface area contributed by atoms with Crippen molar-refractivity contribution in [3.05, 3.63) is 57.8 Å². The number of sulfone groups is 1. The summed E-state index contributed by atoms with van der Waals surface area (Å²) in [5.74, 6) is 0.239. The lowest BCUT2D eigenvalue weighted by molar-refractivity contribution is -0.676. The number of quaternary nitrogens is 1. The molecule has 1 aliphatic rings. The Morgan fingerprint density at radius 2 is 2.04 bits per heavy atom. The van der Waals surface area contributed by atoms with E-state index in [4.69, 9.17) is 0 Å². The molecule has 0 saturated carbocycles.